The number of carboxylic acid groups (broad SMARTS) is 1. The van der Waals surface area contributed by atoms with E-state index in [4.69, 9.17) is 10.8 Å². The molecule has 1 fully saturated rings. The minimum atomic E-state index is -1.16. The zero-order valence-corrected chi connectivity index (χ0v) is 10.5. The Kier molecular flexibility index (Phi) is 4.94. The molecule has 0 bridgehead atoms. The molecule has 18 heavy (non-hydrogen) atoms. The van der Waals surface area contributed by atoms with Crippen LogP contribution in [0.4, 0.5) is 4.79 Å². The number of carbonyl (C=O) groups is 3. The van der Waals surface area contributed by atoms with Gasteiger partial charge in [-0.2, -0.15) is 0 Å². The topological polar surface area (TPSA) is 104 Å². The van der Waals surface area contributed by atoms with Crippen molar-refractivity contribution in [3.05, 3.63) is 0 Å². The van der Waals surface area contributed by atoms with Crippen LogP contribution >= 0.6 is 0 Å². The van der Waals surface area contributed by atoms with Crippen molar-refractivity contribution in [2.45, 2.75) is 19.8 Å². The molecule has 3 amide bonds. The second-order valence-electron chi connectivity index (χ2n) is 4.48. The van der Waals surface area contributed by atoms with Gasteiger partial charge in [0.05, 0.1) is 0 Å². The number of aliphatic carboxylic acids is 1. The third kappa shape index (κ3) is 4.60. The first-order valence-electron chi connectivity index (χ1n) is 5.98. The monoisotopic (exact) mass is 257 g/mol. The fraction of sp³-hybridized carbons (Fsp3) is 0.727. The standard InChI is InChI=1S/C11H19N3O4/c1-2-13(5-8-3-4-8)11(18)14(6-9(12)15)7-10(16)17/h8H,2-7H2,1H3,(H2,12,15)(H,16,17). The first kappa shape index (κ1) is 14.3. The van der Waals surface area contributed by atoms with Crippen molar-refractivity contribution >= 4 is 17.9 Å². The molecule has 0 spiro atoms. The van der Waals surface area contributed by atoms with E-state index in [1.807, 2.05) is 6.92 Å². The zero-order valence-electron chi connectivity index (χ0n) is 10.5. The van der Waals surface area contributed by atoms with Crippen LogP contribution in [0.5, 0.6) is 0 Å². The van der Waals surface area contributed by atoms with E-state index in [0.717, 1.165) is 17.7 Å². The summed E-state index contributed by atoms with van der Waals surface area (Å²) in [5.74, 6) is -1.37. The van der Waals surface area contributed by atoms with Gasteiger partial charge in [0.25, 0.3) is 0 Å². The molecule has 0 unspecified atom stereocenters. The van der Waals surface area contributed by atoms with Gasteiger partial charge in [-0.1, -0.05) is 0 Å². The number of hydrogen-bond acceptors (Lipinski definition) is 3. The van der Waals surface area contributed by atoms with Gasteiger partial charge < -0.3 is 20.6 Å². The van der Waals surface area contributed by atoms with Crippen molar-refractivity contribution in [3.8, 4) is 0 Å². The first-order valence-corrected chi connectivity index (χ1v) is 5.98. The van der Waals surface area contributed by atoms with E-state index in [9.17, 15) is 14.4 Å². The van der Waals surface area contributed by atoms with Crippen LogP contribution in [0.2, 0.25) is 0 Å². The van der Waals surface area contributed by atoms with E-state index in [1.54, 1.807) is 4.90 Å². The number of carboxylic acids is 1. The van der Waals surface area contributed by atoms with Gasteiger partial charge in [0.1, 0.15) is 13.1 Å². The van der Waals surface area contributed by atoms with Gasteiger partial charge >= 0.3 is 12.0 Å². The maximum Gasteiger partial charge on any atom is 0.323 e. The molecule has 0 atom stereocenters. The van der Waals surface area contributed by atoms with Crippen LogP contribution in [0, 0.1) is 5.92 Å². The second-order valence-corrected chi connectivity index (χ2v) is 4.48. The van der Waals surface area contributed by atoms with Crippen LogP contribution in [-0.2, 0) is 9.59 Å². The summed E-state index contributed by atoms with van der Waals surface area (Å²) in [7, 11) is 0. The number of nitrogens with zero attached hydrogens (tertiary/aromatic N) is 2. The summed E-state index contributed by atoms with van der Waals surface area (Å²) in [6.45, 7) is 2.05. The molecule has 1 aliphatic carbocycles. The molecule has 7 nitrogen and oxygen atoms in total. The Labute approximate surface area is 106 Å². The van der Waals surface area contributed by atoms with Crippen LogP contribution in [-0.4, -0.2) is 59.0 Å². The van der Waals surface area contributed by atoms with E-state index in [0.29, 0.717) is 19.0 Å². The van der Waals surface area contributed by atoms with Crippen molar-refractivity contribution < 1.29 is 19.5 Å². The van der Waals surface area contributed by atoms with Gasteiger partial charge in [-0.05, 0) is 25.7 Å². The van der Waals surface area contributed by atoms with E-state index < -0.39 is 24.5 Å². The van der Waals surface area contributed by atoms with E-state index in [-0.39, 0.29) is 6.54 Å². The predicted octanol–water partition coefficient (Wildman–Crippen LogP) is -0.290. The maximum atomic E-state index is 12.1. The highest BCUT2D eigenvalue weighted by Gasteiger charge is 2.29. The summed E-state index contributed by atoms with van der Waals surface area (Å²) in [6.07, 6.45) is 2.19. The molecule has 0 aromatic heterocycles. The third-order valence-electron chi connectivity index (χ3n) is 2.77. The van der Waals surface area contributed by atoms with E-state index >= 15 is 0 Å². The van der Waals surface area contributed by atoms with Crippen molar-refractivity contribution in [2.75, 3.05) is 26.2 Å². The average Bonchev–Trinajstić information content (AvgIpc) is 3.06. The summed E-state index contributed by atoms with van der Waals surface area (Å²) in [5.41, 5.74) is 5.02. The molecule has 0 aromatic carbocycles. The average molecular weight is 257 g/mol. The lowest BCUT2D eigenvalue weighted by atomic mass is 10.3. The number of rotatable bonds is 7. The number of amides is 3. The molecule has 0 aliphatic heterocycles. The fourth-order valence-electron chi connectivity index (χ4n) is 1.70. The van der Waals surface area contributed by atoms with Gasteiger partial charge in [0.15, 0.2) is 0 Å². The van der Waals surface area contributed by atoms with Crippen LogP contribution in [0.3, 0.4) is 0 Å². The van der Waals surface area contributed by atoms with Gasteiger partial charge in [-0.25, -0.2) is 4.79 Å². The Balaban J connectivity index is 2.64. The molecule has 0 saturated heterocycles. The highest BCUT2D eigenvalue weighted by atomic mass is 16.4. The molecule has 102 valence electrons. The van der Waals surface area contributed by atoms with Gasteiger partial charge in [-0.3, -0.25) is 9.59 Å². The number of hydrogen-bond donors (Lipinski definition) is 2. The number of nitrogens with two attached hydrogens (primary N) is 1. The summed E-state index contributed by atoms with van der Waals surface area (Å²) >= 11 is 0. The fourth-order valence-corrected chi connectivity index (χ4v) is 1.70. The molecule has 3 N–H and O–H groups in total. The van der Waals surface area contributed by atoms with Crippen LogP contribution in [0.1, 0.15) is 19.8 Å². The summed E-state index contributed by atoms with van der Waals surface area (Å²) < 4.78 is 0. The molecule has 1 saturated carbocycles. The second kappa shape index (κ2) is 6.23. The quantitative estimate of drug-likeness (QED) is 0.654. The molecule has 0 aromatic rings. The number of urea groups is 1. The molecule has 0 heterocycles. The molecular formula is C11H19N3O4. The Morgan fingerprint density at radius 2 is 1.83 bits per heavy atom. The summed E-state index contributed by atoms with van der Waals surface area (Å²) in [5, 5.41) is 8.73. The zero-order chi connectivity index (χ0) is 13.7. The number of primary amides is 1. The Hall–Kier alpha value is -1.79. The first-order chi connectivity index (χ1) is 8.43. The molecule has 7 heteroatoms. The predicted molar refractivity (Wildman–Crippen MR) is 63.8 cm³/mol. The van der Waals surface area contributed by atoms with Crippen molar-refractivity contribution in [1.82, 2.24) is 9.80 Å². The normalized spacial score (nSPS) is 14.1. The molecule has 1 rings (SSSR count). The van der Waals surface area contributed by atoms with Crippen LogP contribution in [0.25, 0.3) is 0 Å². The lowest BCUT2D eigenvalue weighted by Gasteiger charge is -2.28. The Bertz CT molecular complexity index is 325. The maximum absolute atomic E-state index is 12.1. The van der Waals surface area contributed by atoms with Crippen LogP contribution < -0.4 is 5.73 Å². The minimum absolute atomic E-state index is 0.369. The minimum Gasteiger partial charge on any atom is -0.480 e. The highest BCUT2D eigenvalue weighted by Crippen LogP contribution is 2.29. The smallest absolute Gasteiger partial charge is 0.323 e. The van der Waals surface area contributed by atoms with E-state index in [1.165, 1.54) is 0 Å². The van der Waals surface area contributed by atoms with E-state index in [2.05, 4.69) is 0 Å². The van der Waals surface area contributed by atoms with Crippen molar-refractivity contribution in [2.24, 2.45) is 11.7 Å². The van der Waals surface area contributed by atoms with Crippen molar-refractivity contribution in [1.29, 1.82) is 0 Å². The lowest BCUT2D eigenvalue weighted by Crippen LogP contribution is -2.49. The molecular weight excluding hydrogens is 238 g/mol. The van der Waals surface area contributed by atoms with Crippen molar-refractivity contribution in [3.63, 3.8) is 0 Å². The van der Waals surface area contributed by atoms with Crippen LogP contribution in [0.15, 0.2) is 0 Å². The molecule has 0 radical (unpaired) electrons. The number of carbonyl (C=O) groups excluding carboxylic acids is 2. The lowest BCUT2D eigenvalue weighted by molar-refractivity contribution is -0.138. The highest BCUT2D eigenvalue weighted by molar-refractivity contribution is 5.86. The Morgan fingerprint density at radius 3 is 2.22 bits per heavy atom. The largest absolute Gasteiger partial charge is 0.480 e. The SMILES string of the molecule is CCN(CC1CC1)C(=O)N(CC(N)=O)CC(=O)O. The van der Waals surface area contributed by atoms with Gasteiger partial charge in [0.2, 0.25) is 5.91 Å². The Morgan fingerprint density at radius 1 is 1.22 bits per heavy atom. The molecule has 1 aliphatic rings. The summed E-state index contributed by atoms with van der Waals surface area (Å²) in [4.78, 5) is 36.2. The third-order valence-corrected chi connectivity index (χ3v) is 2.77. The summed E-state index contributed by atoms with van der Waals surface area (Å²) in [6, 6.07) is -0.439. The van der Waals surface area contributed by atoms with Gasteiger partial charge in [0, 0.05) is 13.1 Å². The van der Waals surface area contributed by atoms with Gasteiger partial charge in [-0.15, -0.1) is 0 Å².